The second-order valence-electron chi connectivity index (χ2n) is 4.28. The average molecular weight is 268 g/mol. The number of rotatable bonds is 6. The van der Waals surface area contributed by atoms with E-state index in [0.29, 0.717) is 39.5 Å². The molecule has 1 aromatic heterocycles. The van der Waals surface area contributed by atoms with E-state index >= 15 is 0 Å². The summed E-state index contributed by atoms with van der Waals surface area (Å²) in [5, 5.41) is 4.16. The third-order valence-corrected chi connectivity index (χ3v) is 2.94. The minimum atomic E-state index is -0.111. The van der Waals surface area contributed by atoms with Crippen molar-refractivity contribution in [2.75, 3.05) is 51.0 Å². The zero-order chi connectivity index (χ0) is 13.5. The topological polar surface area (TPSA) is 82.6 Å². The van der Waals surface area contributed by atoms with E-state index in [1.807, 2.05) is 0 Å². The van der Waals surface area contributed by atoms with Crippen molar-refractivity contribution >= 4 is 5.69 Å². The summed E-state index contributed by atoms with van der Waals surface area (Å²) in [6.45, 7) is 4.85. The second-order valence-corrected chi connectivity index (χ2v) is 4.28. The minimum Gasteiger partial charge on any atom is -0.378 e. The van der Waals surface area contributed by atoms with Gasteiger partial charge in [-0.3, -0.25) is 4.79 Å². The van der Waals surface area contributed by atoms with E-state index in [9.17, 15) is 4.79 Å². The van der Waals surface area contributed by atoms with E-state index in [4.69, 9.17) is 15.2 Å². The van der Waals surface area contributed by atoms with E-state index in [1.54, 1.807) is 12.3 Å². The third kappa shape index (κ3) is 4.02. The van der Waals surface area contributed by atoms with Gasteiger partial charge in [0.25, 0.3) is 5.56 Å². The summed E-state index contributed by atoms with van der Waals surface area (Å²) in [6, 6.07) is 1.61. The maximum absolute atomic E-state index is 11.9. The molecule has 7 heteroatoms. The molecule has 1 aromatic rings. The Kier molecular flexibility index (Phi) is 5.31. The van der Waals surface area contributed by atoms with Crippen molar-refractivity contribution < 1.29 is 9.47 Å². The molecule has 0 unspecified atom stereocenters. The number of morpholine rings is 1. The zero-order valence-electron chi connectivity index (χ0n) is 11.0. The first-order valence-electron chi connectivity index (χ1n) is 6.49. The molecule has 2 heterocycles. The van der Waals surface area contributed by atoms with Crippen molar-refractivity contribution in [1.82, 2.24) is 9.78 Å². The highest BCUT2D eigenvalue weighted by atomic mass is 16.5. The Morgan fingerprint density at radius 3 is 2.84 bits per heavy atom. The maximum atomic E-state index is 11.9. The Morgan fingerprint density at radius 1 is 1.37 bits per heavy atom. The van der Waals surface area contributed by atoms with Crippen molar-refractivity contribution in [2.45, 2.75) is 6.54 Å². The van der Waals surface area contributed by atoms with E-state index in [-0.39, 0.29) is 5.56 Å². The lowest BCUT2D eigenvalue weighted by atomic mass is 10.3. The molecule has 0 radical (unpaired) electrons. The average Bonchev–Trinajstić information content (AvgIpc) is 2.46. The molecule has 0 amide bonds. The lowest BCUT2D eigenvalue weighted by Gasteiger charge is -2.28. The Morgan fingerprint density at radius 2 is 2.16 bits per heavy atom. The van der Waals surface area contributed by atoms with Gasteiger partial charge in [0, 0.05) is 25.7 Å². The van der Waals surface area contributed by atoms with E-state index in [1.165, 1.54) is 4.68 Å². The molecule has 2 N–H and O–H groups in total. The Labute approximate surface area is 111 Å². The van der Waals surface area contributed by atoms with Crippen molar-refractivity contribution in [3.8, 4) is 0 Å². The van der Waals surface area contributed by atoms with Crippen LogP contribution in [0.4, 0.5) is 5.69 Å². The SMILES string of the molecule is NCCOCCn1ncc(N2CCOCC2)cc1=O. The molecule has 0 spiro atoms. The quantitative estimate of drug-likeness (QED) is 0.670. The van der Waals surface area contributed by atoms with Gasteiger partial charge in [-0.1, -0.05) is 0 Å². The fourth-order valence-electron chi connectivity index (χ4n) is 1.92. The fraction of sp³-hybridized carbons (Fsp3) is 0.667. The second kappa shape index (κ2) is 7.22. The van der Waals surface area contributed by atoms with Crippen LogP contribution in [0.15, 0.2) is 17.1 Å². The zero-order valence-corrected chi connectivity index (χ0v) is 11.0. The molecular weight excluding hydrogens is 248 g/mol. The highest BCUT2D eigenvalue weighted by Gasteiger charge is 2.12. The standard InChI is InChI=1S/C12H20N4O3/c13-1-5-18-8-4-16-12(17)9-11(10-14-16)15-2-6-19-7-3-15/h9-10H,1-8,13H2. The molecule has 0 saturated carbocycles. The van der Waals surface area contributed by atoms with Gasteiger partial charge in [-0.25, -0.2) is 4.68 Å². The molecule has 2 rings (SSSR count). The van der Waals surface area contributed by atoms with Crippen LogP contribution < -0.4 is 16.2 Å². The highest BCUT2D eigenvalue weighted by molar-refractivity contribution is 5.43. The number of hydrogen-bond acceptors (Lipinski definition) is 6. The van der Waals surface area contributed by atoms with Gasteiger partial charge in [0.1, 0.15) is 0 Å². The smallest absolute Gasteiger partial charge is 0.268 e. The normalized spacial score (nSPS) is 15.7. The van der Waals surface area contributed by atoms with Gasteiger partial charge in [0.2, 0.25) is 0 Å². The third-order valence-electron chi connectivity index (χ3n) is 2.94. The largest absolute Gasteiger partial charge is 0.378 e. The molecule has 7 nitrogen and oxygen atoms in total. The number of nitrogens with zero attached hydrogens (tertiary/aromatic N) is 3. The van der Waals surface area contributed by atoms with Crippen molar-refractivity contribution in [2.24, 2.45) is 5.73 Å². The summed E-state index contributed by atoms with van der Waals surface area (Å²) in [4.78, 5) is 14.0. The maximum Gasteiger partial charge on any atom is 0.268 e. The molecule has 0 bridgehead atoms. The molecule has 0 aliphatic carbocycles. The molecular formula is C12H20N4O3. The number of ether oxygens (including phenoxy) is 2. The number of nitrogens with two attached hydrogens (primary N) is 1. The molecule has 0 aromatic carbocycles. The Bertz CT molecular complexity index is 443. The first kappa shape index (κ1) is 14.0. The van der Waals surface area contributed by atoms with E-state index in [2.05, 4.69) is 10.00 Å². The molecule has 1 fully saturated rings. The van der Waals surface area contributed by atoms with Gasteiger partial charge >= 0.3 is 0 Å². The summed E-state index contributed by atoms with van der Waals surface area (Å²) in [5.74, 6) is 0. The van der Waals surface area contributed by atoms with Crippen LogP contribution in [0.5, 0.6) is 0 Å². The molecule has 0 atom stereocenters. The van der Waals surface area contributed by atoms with E-state index < -0.39 is 0 Å². The van der Waals surface area contributed by atoms with Gasteiger partial charge in [-0.05, 0) is 0 Å². The molecule has 106 valence electrons. The van der Waals surface area contributed by atoms with Crippen LogP contribution in [-0.2, 0) is 16.0 Å². The molecule has 1 aliphatic heterocycles. The highest BCUT2D eigenvalue weighted by Crippen LogP contribution is 2.11. The lowest BCUT2D eigenvalue weighted by Crippen LogP contribution is -2.37. The monoisotopic (exact) mass is 268 g/mol. The van der Waals surface area contributed by atoms with Gasteiger partial charge in [-0.2, -0.15) is 5.10 Å². The summed E-state index contributed by atoms with van der Waals surface area (Å²) >= 11 is 0. The van der Waals surface area contributed by atoms with Crippen molar-refractivity contribution in [3.05, 3.63) is 22.6 Å². The van der Waals surface area contributed by atoms with Crippen LogP contribution in [-0.4, -0.2) is 55.8 Å². The molecule has 1 aliphatic rings. The predicted molar refractivity (Wildman–Crippen MR) is 71.4 cm³/mol. The van der Waals surface area contributed by atoms with Crippen LogP contribution >= 0.6 is 0 Å². The Hall–Kier alpha value is -1.44. The van der Waals surface area contributed by atoms with Crippen LogP contribution in [0.1, 0.15) is 0 Å². The fourth-order valence-corrected chi connectivity index (χ4v) is 1.92. The van der Waals surface area contributed by atoms with Crippen molar-refractivity contribution in [3.63, 3.8) is 0 Å². The molecule has 19 heavy (non-hydrogen) atoms. The number of anilines is 1. The number of hydrogen-bond donors (Lipinski definition) is 1. The first-order chi connectivity index (χ1) is 9.31. The summed E-state index contributed by atoms with van der Waals surface area (Å²) in [7, 11) is 0. The van der Waals surface area contributed by atoms with Gasteiger partial charge < -0.3 is 20.1 Å². The van der Waals surface area contributed by atoms with Crippen LogP contribution in [0, 0.1) is 0 Å². The summed E-state index contributed by atoms with van der Waals surface area (Å²) < 4.78 is 11.9. The lowest BCUT2D eigenvalue weighted by molar-refractivity contribution is 0.122. The summed E-state index contributed by atoms with van der Waals surface area (Å²) in [5.41, 5.74) is 6.06. The first-order valence-corrected chi connectivity index (χ1v) is 6.49. The van der Waals surface area contributed by atoms with Gasteiger partial charge in [0.15, 0.2) is 0 Å². The van der Waals surface area contributed by atoms with E-state index in [0.717, 1.165) is 18.8 Å². The van der Waals surface area contributed by atoms with Crippen LogP contribution in [0.25, 0.3) is 0 Å². The summed E-state index contributed by atoms with van der Waals surface area (Å²) in [6.07, 6.45) is 1.72. The van der Waals surface area contributed by atoms with Crippen LogP contribution in [0.3, 0.4) is 0 Å². The minimum absolute atomic E-state index is 0.111. The van der Waals surface area contributed by atoms with Crippen molar-refractivity contribution in [1.29, 1.82) is 0 Å². The van der Waals surface area contributed by atoms with Gasteiger partial charge in [-0.15, -0.1) is 0 Å². The predicted octanol–water partition coefficient (Wildman–Crippen LogP) is -0.945. The molecule has 1 saturated heterocycles. The Balaban J connectivity index is 1.94. The van der Waals surface area contributed by atoms with Crippen LogP contribution in [0.2, 0.25) is 0 Å². The number of aromatic nitrogens is 2. The van der Waals surface area contributed by atoms with Gasteiger partial charge in [0.05, 0.1) is 44.9 Å².